The molecule has 0 radical (unpaired) electrons. The van der Waals surface area contributed by atoms with E-state index in [2.05, 4.69) is 79.7 Å². The lowest BCUT2D eigenvalue weighted by Crippen LogP contribution is -2.52. The highest BCUT2D eigenvalue weighted by molar-refractivity contribution is 5.66. The first-order chi connectivity index (χ1) is 15.8. The van der Waals surface area contributed by atoms with E-state index in [0.717, 1.165) is 24.7 Å². The minimum Gasteiger partial charge on any atom is -0.462 e. The molecule has 3 saturated carbocycles. The van der Waals surface area contributed by atoms with Crippen molar-refractivity contribution in [1.82, 2.24) is 0 Å². The van der Waals surface area contributed by atoms with Crippen LogP contribution in [0.5, 0.6) is 0 Å². The highest BCUT2D eigenvalue weighted by Crippen LogP contribution is 2.67. The van der Waals surface area contributed by atoms with Crippen molar-refractivity contribution < 1.29 is 9.53 Å². The van der Waals surface area contributed by atoms with Crippen molar-refractivity contribution in [2.24, 2.45) is 51.8 Å². The van der Waals surface area contributed by atoms with Gasteiger partial charge in [-0.25, -0.2) is 0 Å². The van der Waals surface area contributed by atoms with Gasteiger partial charge < -0.3 is 4.74 Å². The van der Waals surface area contributed by atoms with Gasteiger partial charge in [-0.2, -0.15) is 0 Å². The van der Waals surface area contributed by atoms with E-state index in [1.165, 1.54) is 31.3 Å². The van der Waals surface area contributed by atoms with Crippen molar-refractivity contribution >= 4 is 5.97 Å². The SMILES string of the molecule is CC(=O)O[C@H]1CC[C@@]2(C)C(=CC=C3[C@H]2CC[C@@]2(C)[C@H]3CC[C@H]2[C@H](C)/C=C/[C@H](C)C(C)C)C1(C)C. The molecule has 0 aliphatic heterocycles. The molecule has 0 aromatic carbocycles. The lowest BCUT2D eigenvalue weighted by molar-refractivity contribution is -0.155. The molecular weight excluding hydrogens is 416 g/mol. The Balaban J connectivity index is 1.61. The van der Waals surface area contributed by atoms with Crippen molar-refractivity contribution in [2.45, 2.75) is 107 Å². The number of hydrogen-bond acceptors (Lipinski definition) is 2. The number of allylic oxidation sites excluding steroid dienone is 5. The predicted molar refractivity (Wildman–Crippen MR) is 142 cm³/mol. The summed E-state index contributed by atoms with van der Waals surface area (Å²) in [5.41, 5.74) is 3.77. The van der Waals surface area contributed by atoms with Crippen LogP contribution < -0.4 is 0 Å². The van der Waals surface area contributed by atoms with E-state index in [-0.39, 0.29) is 22.9 Å². The Morgan fingerprint density at radius 3 is 2.29 bits per heavy atom. The monoisotopic (exact) mass is 466 g/mol. The molecule has 0 N–H and O–H groups in total. The zero-order valence-corrected chi connectivity index (χ0v) is 23.4. The fourth-order valence-electron chi connectivity index (χ4n) is 8.71. The molecule has 0 aromatic rings. The van der Waals surface area contributed by atoms with E-state index in [0.29, 0.717) is 29.1 Å². The van der Waals surface area contributed by atoms with Gasteiger partial charge >= 0.3 is 5.97 Å². The van der Waals surface area contributed by atoms with Gasteiger partial charge in [0.05, 0.1) is 0 Å². The molecule has 0 saturated heterocycles. The van der Waals surface area contributed by atoms with Crippen LogP contribution in [0.1, 0.15) is 101 Å². The van der Waals surface area contributed by atoms with Gasteiger partial charge in [-0.05, 0) is 84.9 Å². The summed E-state index contributed by atoms with van der Waals surface area (Å²) in [5, 5.41) is 0. The van der Waals surface area contributed by atoms with E-state index in [1.807, 2.05) is 0 Å². The van der Waals surface area contributed by atoms with E-state index >= 15 is 0 Å². The van der Waals surface area contributed by atoms with Crippen LogP contribution in [0.4, 0.5) is 0 Å². The second-order valence-electron chi connectivity index (χ2n) is 13.7. The molecular formula is C32H50O2. The zero-order valence-electron chi connectivity index (χ0n) is 23.4. The smallest absolute Gasteiger partial charge is 0.302 e. The van der Waals surface area contributed by atoms with E-state index in [9.17, 15) is 4.79 Å². The van der Waals surface area contributed by atoms with Crippen molar-refractivity contribution in [1.29, 1.82) is 0 Å². The molecule has 2 nitrogen and oxygen atoms in total. The Labute approximate surface area is 209 Å². The molecule has 0 spiro atoms. The molecule has 0 amide bonds. The molecule has 8 atom stereocenters. The topological polar surface area (TPSA) is 26.3 Å². The van der Waals surface area contributed by atoms with Crippen molar-refractivity contribution in [3.63, 3.8) is 0 Å². The minimum absolute atomic E-state index is 0.00939. The van der Waals surface area contributed by atoms with Crippen LogP contribution in [-0.2, 0) is 9.53 Å². The summed E-state index contributed by atoms with van der Waals surface area (Å²) in [6.45, 7) is 20.8. The second kappa shape index (κ2) is 8.97. The van der Waals surface area contributed by atoms with Crippen molar-refractivity contribution in [3.05, 3.63) is 35.5 Å². The third-order valence-corrected chi connectivity index (χ3v) is 11.2. The number of fused-ring (bicyclic) bond motifs is 5. The Bertz CT molecular complexity index is 889. The molecule has 0 aromatic heterocycles. The molecule has 3 fully saturated rings. The number of carbonyl (C=O) groups is 1. The summed E-state index contributed by atoms with van der Waals surface area (Å²) < 4.78 is 5.81. The van der Waals surface area contributed by atoms with Crippen LogP contribution in [0.15, 0.2) is 35.5 Å². The summed E-state index contributed by atoms with van der Waals surface area (Å²) in [6, 6.07) is 0. The van der Waals surface area contributed by atoms with Gasteiger partial charge in [-0.3, -0.25) is 4.79 Å². The standard InChI is InChI=1S/C32H50O2/c1-20(2)21(3)10-11-22(4)25-13-14-26-24-12-15-28-30(6,7)29(34-23(5)33)17-19-32(28,9)27(24)16-18-31(25,26)8/h10-12,15,20-22,25-27,29H,13-14,16-19H2,1-9H3/b11-10+/t21-,22+,25-,26-,27+,29-,31+,32+/m0/s1. The van der Waals surface area contributed by atoms with Gasteiger partial charge in [0.2, 0.25) is 0 Å². The van der Waals surface area contributed by atoms with Gasteiger partial charge in [0, 0.05) is 12.3 Å². The first-order valence-electron chi connectivity index (χ1n) is 14.1. The van der Waals surface area contributed by atoms with Gasteiger partial charge in [-0.15, -0.1) is 0 Å². The highest BCUT2D eigenvalue weighted by atomic mass is 16.5. The summed E-state index contributed by atoms with van der Waals surface area (Å²) in [5.74, 6) is 4.01. The Kier molecular flexibility index (Phi) is 6.80. The van der Waals surface area contributed by atoms with Crippen LogP contribution in [0.25, 0.3) is 0 Å². The number of carbonyl (C=O) groups excluding carboxylic acids is 1. The molecule has 190 valence electrons. The summed E-state index contributed by atoms with van der Waals surface area (Å²) in [7, 11) is 0. The van der Waals surface area contributed by atoms with Crippen LogP contribution in [0, 0.1) is 51.8 Å². The molecule has 0 bridgehead atoms. The van der Waals surface area contributed by atoms with Crippen molar-refractivity contribution in [2.75, 3.05) is 0 Å². The number of ether oxygens (including phenoxy) is 1. The predicted octanol–water partition coefficient (Wildman–Crippen LogP) is 8.54. The summed E-state index contributed by atoms with van der Waals surface area (Å²) in [6.07, 6.45) is 17.4. The lowest BCUT2D eigenvalue weighted by Gasteiger charge is -2.58. The molecule has 0 unspecified atom stereocenters. The molecule has 4 aliphatic rings. The fourth-order valence-corrected chi connectivity index (χ4v) is 8.71. The average molecular weight is 467 g/mol. The van der Waals surface area contributed by atoms with Gasteiger partial charge in [0.25, 0.3) is 0 Å². The Hall–Kier alpha value is -1.31. The van der Waals surface area contributed by atoms with Crippen LogP contribution in [0.3, 0.4) is 0 Å². The first-order valence-corrected chi connectivity index (χ1v) is 14.1. The van der Waals surface area contributed by atoms with Gasteiger partial charge in [0.1, 0.15) is 6.10 Å². The molecule has 34 heavy (non-hydrogen) atoms. The third kappa shape index (κ3) is 4.05. The maximum absolute atomic E-state index is 11.8. The van der Waals surface area contributed by atoms with Crippen LogP contribution in [0.2, 0.25) is 0 Å². The highest BCUT2D eigenvalue weighted by Gasteiger charge is 2.59. The van der Waals surface area contributed by atoms with E-state index < -0.39 is 0 Å². The number of hydrogen-bond donors (Lipinski definition) is 0. The lowest BCUT2D eigenvalue weighted by atomic mass is 9.47. The van der Waals surface area contributed by atoms with Crippen molar-refractivity contribution in [3.8, 4) is 0 Å². The zero-order chi connectivity index (χ0) is 25.1. The van der Waals surface area contributed by atoms with Gasteiger partial charge in [0.15, 0.2) is 0 Å². The van der Waals surface area contributed by atoms with Gasteiger partial charge in [-0.1, -0.05) is 90.8 Å². The molecule has 4 aliphatic carbocycles. The maximum Gasteiger partial charge on any atom is 0.302 e. The minimum atomic E-state index is -0.147. The first kappa shape index (κ1) is 25.8. The maximum atomic E-state index is 11.8. The Morgan fingerprint density at radius 2 is 1.65 bits per heavy atom. The molecule has 0 heterocycles. The normalized spacial score (nSPS) is 40.6. The number of esters is 1. The molecule has 4 rings (SSSR count). The van der Waals surface area contributed by atoms with E-state index in [1.54, 1.807) is 12.5 Å². The molecule has 2 heteroatoms. The van der Waals surface area contributed by atoms with Crippen LogP contribution >= 0.6 is 0 Å². The average Bonchev–Trinajstić information content (AvgIpc) is 3.11. The second-order valence-corrected chi connectivity index (χ2v) is 13.7. The quantitative estimate of drug-likeness (QED) is 0.300. The van der Waals surface area contributed by atoms with Crippen LogP contribution in [-0.4, -0.2) is 12.1 Å². The Morgan fingerprint density at radius 1 is 0.941 bits per heavy atom. The summed E-state index contributed by atoms with van der Waals surface area (Å²) in [4.78, 5) is 11.8. The fraction of sp³-hybridized carbons (Fsp3) is 0.781. The third-order valence-electron chi connectivity index (χ3n) is 11.2. The largest absolute Gasteiger partial charge is 0.462 e. The van der Waals surface area contributed by atoms with E-state index in [4.69, 9.17) is 4.74 Å². The number of rotatable bonds is 5. The summed E-state index contributed by atoms with van der Waals surface area (Å²) >= 11 is 0.